The molecule has 1 aliphatic rings. The molecule has 1 aliphatic carbocycles. The van der Waals surface area contributed by atoms with Gasteiger partial charge < -0.3 is 15.0 Å². The van der Waals surface area contributed by atoms with E-state index in [4.69, 9.17) is 0 Å². The first-order chi connectivity index (χ1) is 8.72. The maximum absolute atomic E-state index is 10.4. The summed E-state index contributed by atoms with van der Waals surface area (Å²) in [5.74, 6) is 0. The van der Waals surface area contributed by atoms with Crippen molar-refractivity contribution in [3.05, 3.63) is 24.0 Å². The van der Waals surface area contributed by atoms with Crippen LogP contribution in [0.5, 0.6) is 0 Å². The highest BCUT2D eigenvalue weighted by molar-refractivity contribution is 5.10. The lowest BCUT2D eigenvalue weighted by Crippen LogP contribution is -2.41. The van der Waals surface area contributed by atoms with Gasteiger partial charge in [-0.1, -0.05) is 26.2 Å². The van der Waals surface area contributed by atoms with E-state index in [1.807, 2.05) is 0 Å². The average Bonchev–Trinajstić information content (AvgIpc) is 2.78. The van der Waals surface area contributed by atoms with E-state index in [1.165, 1.54) is 31.2 Å². The van der Waals surface area contributed by atoms with Crippen LogP contribution in [-0.4, -0.2) is 21.8 Å². The first kappa shape index (κ1) is 13.6. The van der Waals surface area contributed by atoms with E-state index in [1.54, 1.807) is 0 Å². The molecule has 3 nitrogen and oxygen atoms in total. The Morgan fingerprint density at radius 3 is 2.83 bits per heavy atom. The second-order valence-electron chi connectivity index (χ2n) is 5.65. The van der Waals surface area contributed by atoms with E-state index in [9.17, 15) is 5.11 Å². The van der Waals surface area contributed by atoms with Crippen LogP contribution in [0.3, 0.4) is 0 Å². The number of aromatic nitrogens is 1. The van der Waals surface area contributed by atoms with Gasteiger partial charge in [-0.25, -0.2) is 0 Å². The summed E-state index contributed by atoms with van der Waals surface area (Å²) in [5, 5.41) is 13.8. The van der Waals surface area contributed by atoms with Crippen LogP contribution in [0.2, 0.25) is 0 Å². The molecule has 0 bridgehead atoms. The smallest absolute Gasteiger partial charge is 0.0771 e. The largest absolute Gasteiger partial charge is 0.389 e. The number of aliphatic hydroxyl groups is 1. The second kappa shape index (κ2) is 6.39. The Balaban J connectivity index is 1.73. The van der Waals surface area contributed by atoms with Gasteiger partial charge in [0.1, 0.15) is 0 Å². The number of nitrogens with zero attached hydrogens (tertiary/aromatic N) is 1. The Hall–Kier alpha value is -0.800. The summed E-state index contributed by atoms with van der Waals surface area (Å²) < 4.78 is 2.23. The second-order valence-corrected chi connectivity index (χ2v) is 5.65. The third-order valence-corrected chi connectivity index (χ3v) is 3.86. The van der Waals surface area contributed by atoms with Gasteiger partial charge in [0.25, 0.3) is 0 Å². The van der Waals surface area contributed by atoms with Crippen molar-refractivity contribution in [1.29, 1.82) is 0 Å². The van der Waals surface area contributed by atoms with Gasteiger partial charge in [-0.15, -0.1) is 0 Å². The molecule has 102 valence electrons. The Bertz CT molecular complexity index is 353. The summed E-state index contributed by atoms with van der Waals surface area (Å²) in [5.41, 5.74) is 0.854. The molecule has 18 heavy (non-hydrogen) atoms. The molecule has 1 fully saturated rings. The maximum atomic E-state index is 10.4. The van der Waals surface area contributed by atoms with Crippen molar-refractivity contribution in [1.82, 2.24) is 9.88 Å². The van der Waals surface area contributed by atoms with Crippen LogP contribution in [0, 0.1) is 0 Å². The van der Waals surface area contributed by atoms with Gasteiger partial charge in [0.05, 0.1) is 5.60 Å². The fourth-order valence-electron chi connectivity index (χ4n) is 2.82. The molecule has 0 atom stereocenters. The minimum absolute atomic E-state index is 0.454. The molecule has 0 saturated heterocycles. The summed E-state index contributed by atoms with van der Waals surface area (Å²) in [6.07, 6.45) is 11.0. The zero-order valence-electron chi connectivity index (χ0n) is 11.5. The Labute approximate surface area is 110 Å². The summed E-state index contributed by atoms with van der Waals surface area (Å²) >= 11 is 0. The zero-order chi connectivity index (χ0) is 12.8. The van der Waals surface area contributed by atoms with E-state index >= 15 is 0 Å². The van der Waals surface area contributed by atoms with E-state index in [2.05, 4.69) is 35.3 Å². The summed E-state index contributed by atoms with van der Waals surface area (Å²) in [6, 6.07) is 2.16. The number of aryl methyl sites for hydroxylation is 1. The number of hydrogen-bond acceptors (Lipinski definition) is 2. The van der Waals surface area contributed by atoms with Gasteiger partial charge >= 0.3 is 0 Å². The number of hydrogen-bond donors (Lipinski definition) is 2. The molecule has 2 N–H and O–H groups in total. The van der Waals surface area contributed by atoms with Gasteiger partial charge in [-0.3, -0.25) is 0 Å². The molecule has 1 aromatic heterocycles. The summed E-state index contributed by atoms with van der Waals surface area (Å²) in [6.45, 7) is 4.87. The van der Waals surface area contributed by atoms with Crippen LogP contribution in [0.15, 0.2) is 18.5 Å². The van der Waals surface area contributed by atoms with Crippen LogP contribution in [0.25, 0.3) is 0 Å². The van der Waals surface area contributed by atoms with Crippen LogP contribution < -0.4 is 5.32 Å². The summed E-state index contributed by atoms with van der Waals surface area (Å²) in [4.78, 5) is 0. The molecule has 1 saturated carbocycles. The first-order valence-electron chi connectivity index (χ1n) is 7.30. The maximum Gasteiger partial charge on any atom is 0.0771 e. The molecule has 1 aromatic rings. The molecular weight excluding hydrogens is 224 g/mol. The topological polar surface area (TPSA) is 37.2 Å². The highest BCUT2D eigenvalue weighted by atomic mass is 16.3. The molecule has 0 aliphatic heterocycles. The monoisotopic (exact) mass is 250 g/mol. The van der Waals surface area contributed by atoms with Gasteiger partial charge in [0.15, 0.2) is 0 Å². The van der Waals surface area contributed by atoms with E-state index in [-0.39, 0.29) is 0 Å². The molecule has 0 unspecified atom stereocenters. The molecule has 0 radical (unpaired) electrons. The Morgan fingerprint density at radius 2 is 2.11 bits per heavy atom. The molecule has 0 aromatic carbocycles. The highest BCUT2D eigenvalue weighted by Crippen LogP contribution is 2.27. The Morgan fingerprint density at radius 1 is 1.33 bits per heavy atom. The SMILES string of the molecule is CCCn1ccc(CNCC2(O)CCCCC2)c1. The van der Waals surface area contributed by atoms with Crippen molar-refractivity contribution in [3.8, 4) is 0 Å². The van der Waals surface area contributed by atoms with Gasteiger partial charge in [0, 0.05) is 32.0 Å². The van der Waals surface area contributed by atoms with Gasteiger partial charge in [-0.2, -0.15) is 0 Å². The highest BCUT2D eigenvalue weighted by Gasteiger charge is 2.28. The van der Waals surface area contributed by atoms with Crippen molar-refractivity contribution in [3.63, 3.8) is 0 Å². The lowest BCUT2D eigenvalue weighted by Gasteiger charge is -2.32. The fraction of sp³-hybridized carbons (Fsp3) is 0.733. The van der Waals surface area contributed by atoms with Crippen LogP contribution in [0.1, 0.15) is 51.0 Å². The zero-order valence-corrected chi connectivity index (χ0v) is 11.5. The van der Waals surface area contributed by atoms with Crippen molar-refractivity contribution in [2.45, 2.75) is 64.1 Å². The lowest BCUT2D eigenvalue weighted by atomic mass is 9.85. The normalized spacial score (nSPS) is 19.0. The first-order valence-corrected chi connectivity index (χ1v) is 7.30. The molecule has 2 rings (SSSR count). The van der Waals surface area contributed by atoms with Crippen LogP contribution in [-0.2, 0) is 13.1 Å². The minimum atomic E-state index is -0.454. The number of nitrogens with one attached hydrogen (secondary N) is 1. The Kier molecular flexibility index (Phi) is 4.84. The molecule has 3 heteroatoms. The van der Waals surface area contributed by atoms with Crippen molar-refractivity contribution in [2.75, 3.05) is 6.54 Å². The quantitative estimate of drug-likeness (QED) is 0.814. The molecule has 1 heterocycles. The fourth-order valence-corrected chi connectivity index (χ4v) is 2.82. The van der Waals surface area contributed by atoms with Crippen molar-refractivity contribution in [2.24, 2.45) is 0 Å². The van der Waals surface area contributed by atoms with E-state index in [0.717, 1.165) is 32.5 Å². The van der Waals surface area contributed by atoms with E-state index < -0.39 is 5.60 Å². The standard InChI is InChI=1S/C15H26N2O/c1-2-9-17-10-6-14(12-17)11-16-13-15(18)7-4-3-5-8-15/h6,10,12,16,18H,2-5,7-9,11,13H2,1H3. The molecule has 0 spiro atoms. The van der Waals surface area contributed by atoms with E-state index in [0.29, 0.717) is 0 Å². The predicted molar refractivity (Wildman–Crippen MR) is 74.5 cm³/mol. The van der Waals surface area contributed by atoms with Crippen molar-refractivity contribution < 1.29 is 5.11 Å². The number of rotatable bonds is 6. The minimum Gasteiger partial charge on any atom is -0.389 e. The predicted octanol–water partition coefficient (Wildman–Crippen LogP) is 2.68. The van der Waals surface area contributed by atoms with Gasteiger partial charge in [-0.05, 0) is 30.9 Å². The van der Waals surface area contributed by atoms with Crippen LogP contribution >= 0.6 is 0 Å². The third kappa shape index (κ3) is 3.85. The van der Waals surface area contributed by atoms with Gasteiger partial charge in [0.2, 0.25) is 0 Å². The average molecular weight is 250 g/mol. The van der Waals surface area contributed by atoms with Crippen LogP contribution in [0.4, 0.5) is 0 Å². The third-order valence-electron chi connectivity index (χ3n) is 3.86. The molecule has 0 amide bonds. The summed E-state index contributed by atoms with van der Waals surface area (Å²) in [7, 11) is 0. The molecular formula is C15H26N2O. The van der Waals surface area contributed by atoms with Crippen molar-refractivity contribution >= 4 is 0 Å². The lowest BCUT2D eigenvalue weighted by molar-refractivity contribution is 0.00468.